The summed E-state index contributed by atoms with van der Waals surface area (Å²) in [4.78, 5) is 12.1. The monoisotopic (exact) mass is 334 g/mol. The first-order valence-corrected chi connectivity index (χ1v) is 8.53. The van der Waals surface area contributed by atoms with Crippen LogP contribution in [0.4, 0.5) is 0 Å². The van der Waals surface area contributed by atoms with Crippen LogP contribution in [0.2, 0.25) is 0 Å². The first-order valence-electron chi connectivity index (χ1n) is 7.54. The van der Waals surface area contributed by atoms with Crippen molar-refractivity contribution in [3.05, 3.63) is 42.2 Å². The van der Waals surface area contributed by atoms with Gasteiger partial charge in [0.1, 0.15) is 6.33 Å². The van der Waals surface area contributed by atoms with E-state index in [4.69, 9.17) is 4.74 Å². The highest BCUT2D eigenvalue weighted by Gasteiger charge is 2.12. The minimum atomic E-state index is -0.0159. The van der Waals surface area contributed by atoms with Crippen molar-refractivity contribution in [3.63, 3.8) is 0 Å². The van der Waals surface area contributed by atoms with E-state index in [0.717, 1.165) is 23.7 Å². The highest BCUT2D eigenvalue weighted by molar-refractivity contribution is 7.99. The SMILES string of the molecule is COCCCn1cnnc1SCC(=O)NC(C)c1ccccc1. The van der Waals surface area contributed by atoms with Crippen LogP contribution in [0, 0.1) is 0 Å². The number of carbonyl (C=O) groups excluding carboxylic acids is 1. The van der Waals surface area contributed by atoms with Gasteiger partial charge in [-0.2, -0.15) is 0 Å². The van der Waals surface area contributed by atoms with Gasteiger partial charge < -0.3 is 14.6 Å². The van der Waals surface area contributed by atoms with Crippen molar-refractivity contribution < 1.29 is 9.53 Å². The number of methoxy groups -OCH3 is 1. The van der Waals surface area contributed by atoms with Crippen molar-refractivity contribution in [3.8, 4) is 0 Å². The molecule has 2 rings (SSSR count). The maximum absolute atomic E-state index is 12.1. The zero-order chi connectivity index (χ0) is 16.5. The summed E-state index contributed by atoms with van der Waals surface area (Å²) < 4.78 is 6.98. The highest BCUT2D eigenvalue weighted by atomic mass is 32.2. The molecule has 7 heteroatoms. The second-order valence-corrected chi connectivity index (χ2v) is 6.08. The summed E-state index contributed by atoms with van der Waals surface area (Å²) in [5, 5.41) is 11.7. The minimum absolute atomic E-state index is 0.0103. The van der Waals surface area contributed by atoms with E-state index < -0.39 is 0 Å². The van der Waals surface area contributed by atoms with Gasteiger partial charge in [0, 0.05) is 20.3 Å². The third-order valence-corrected chi connectivity index (χ3v) is 4.32. The average Bonchev–Trinajstić information content (AvgIpc) is 3.01. The number of benzene rings is 1. The second-order valence-electron chi connectivity index (χ2n) is 5.14. The van der Waals surface area contributed by atoms with Crippen LogP contribution in [0.3, 0.4) is 0 Å². The molecular weight excluding hydrogens is 312 g/mol. The molecule has 2 aromatic rings. The predicted octanol–water partition coefficient (Wildman–Crippen LogP) is 2.28. The summed E-state index contributed by atoms with van der Waals surface area (Å²) in [5.74, 6) is 0.304. The van der Waals surface area contributed by atoms with E-state index in [1.54, 1.807) is 13.4 Å². The van der Waals surface area contributed by atoms with Crippen molar-refractivity contribution in [1.82, 2.24) is 20.1 Å². The molecule has 0 radical (unpaired) electrons. The molecule has 1 amide bonds. The van der Waals surface area contributed by atoms with Crippen LogP contribution in [0.15, 0.2) is 41.8 Å². The van der Waals surface area contributed by atoms with E-state index in [1.165, 1.54) is 11.8 Å². The number of hydrogen-bond acceptors (Lipinski definition) is 5. The molecule has 0 saturated heterocycles. The number of aryl methyl sites for hydroxylation is 1. The molecule has 1 aromatic carbocycles. The minimum Gasteiger partial charge on any atom is -0.385 e. The van der Waals surface area contributed by atoms with Crippen LogP contribution < -0.4 is 5.32 Å². The normalized spacial score (nSPS) is 12.1. The Morgan fingerprint density at radius 3 is 2.91 bits per heavy atom. The molecule has 0 saturated carbocycles. The van der Waals surface area contributed by atoms with E-state index >= 15 is 0 Å². The first kappa shape index (κ1) is 17.5. The Morgan fingerprint density at radius 1 is 1.39 bits per heavy atom. The molecule has 1 heterocycles. The second kappa shape index (κ2) is 9.32. The van der Waals surface area contributed by atoms with Crippen molar-refractivity contribution in [1.29, 1.82) is 0 Å². The lowest BCUT2D eigenvalue weighted by atomic mass is 10.1. The largest absolute Gasteiger partial charge is 0.385 e. The molecule has 1 aromatic heterocycles. The number of amides is 1. The summed E-state index contributed by atoms with van der Waals surface area (Å²) in [7, 11) is 1.68. The Morgan fingerprint density at radius 2 is 2.17 bits per heavy atom. The van der Waals surface area contributed by atoms with Gasteiger partial charge in [0.2, 0.25) is 5.91 Å². The van der Waals surface area contributed by atoms with Gasteiger partial charge in [0.05, 0.1) is 11.8 Å². The summed E-state index contributed by atoms with van der Waals surface area (Å²) in [6, 6.07) is 9.90. The van der Waals surface area contributed by atoms with Gasteiger partial charge in [-0.1, -0.05) is 42.1 Å². The lowest BCUT2D eigenvalue weighted by molar-refractivity contribution is -0.119. The molecule has 1 unspecified atom stereocenters. The molecule has 23 heavy (non-hydrogen) atoms. The maximum atomic E-state index is 12.1. The van der Waals surface area contributed by atoms with Crippen LogP contribution in [-0.4, -0.2) is 40.1 Å². The van der Waals surface area contributed by atoms with Crippen LogP contribution in [0.25, 0.3) is 0 Å². The van der Waals surface area contributed by atoms with Gasteiger partial charge in [-0.05, 0) is 18.9 Å². The Hall–Kier alpha value is -1.86. The molecule has 0 spiro atoms. The average molecular weight is 334 g/mol. The number of aromatic nitrogens is 3. The fourth-order valence-electron chi connectivity index (χ4n) is 2.13. The van der Waals surface area contributed by atoms with Crippen molar-refractivity contribution in [2.24, 2.45) is 0 Å². The highest BCUT2D eigenvalue weighted by Crippen LogP contribution is 2.16. The zero-order valence-corrected chi connectivity index (χ0v) is 14.3. The topological polar surface area (TPSA) is 69.0 Å². The Kier molecular flexibility index (Phi) is 7.09. The van der Waals surface area contributed by atoms with Crippen molar-refractivity contribution >= 4 is 17.7 Å². The van der Waals surface area contributed by atoms with Gasteiger partial charge >= 0.3 is 0 Å². The van der Waals surface area contributed by atoms with Crippen LogP contribution >= 0.6 is 11.8 Å². The smallest absolute Gasteiger partial charge is 0.230 e. The Balaban J connectivity index is 1.79. The molecule has 0 aliphatic carbocycles. The molecule has 0 aliphatic heterocycles. The van der Waals surface area contributed by atoms with E-state index in [2.05, 4.69) is 15.5 Å². The number of thioether (sulfide) groups is 1. The maximum Gasteiger partial charge on any atom is 0.230 e. The first-order chi connectivity index (χ1) is 11.2. The Bertz CT molecular complexity index is 603. The number of nitrogens with zero attached hydrogens (tertiary/aromatic N) is 3. The lowest BCUT2D eigenvalue weighted by Crippen LogP contribution is -2.28. The van der Waals surface area contributed by atoms with Crippen LogP contribution in [-0.2, 0) is 16.1 Å². The van der Waals surface area contributed by atoms with E-state index in [-0.39, 0.29) is 11.9 Å². The van der Waals surface area contributed by atoms with Gasteiger partial charge in [0.25, 0.3) is 0 Å². The van der Waals surface area contributed by atoms with Crippen molar-refractivity contribution in [2.75, 3.05) is 19.5 Å². The van der Waals surface area contributed by atoms with E-state index in [1.807, 2.05) is 41.8 Å². The number of nitrogens with one attached hydrogen (secondary N) is 1. The number of ether oxygens (including phenoxy) is 1. The third kappa shape index (κ3) is 5.69. The number of rotatable bonds is 9. The van der Waals surface area contributed by atoms with Crippen LogP contribution in [0.1, 0.15) is 24.9 Å². The van der Waals surface area contributed by atoms with Gasteiger partial charge in [-0.15, -0.1) is 10.2 Å². The van der Waals surface area contributed by atoms with Gasteiger partial charge in [0.15, 0.2) is 5.16 Å². The van der Waals surface area contributed by atoms with Crippen LogP contribution in [0.5, 0.6) is 0 Å². The molecule has 0 bridgehead atoms. The predicted molar refractivity (Wildman–Crippen MR) is 90.2 cm³/mol. The summed E-state index contributed by atoms with van der Waals surface area (Å²) in [6.45, 7) is 3.45. The number of carbonyl (C=O) groups is 1. The zero-order valence-electron chi connectivity index (χ0n) is 13.4. The van der Waals surface area contributed by atoms with E-state index in [9.17, 15) is 4.79 Å². The van der Waals surface area contributed by atoms with Crippen molar-refractivity contribution in [2.45, 2.75) is 31.1 Å². The molecular formula is C16H22N4O2S. The molecule has 6 nitrogen and oxygen atoms in total. The molecule has 0 fully saturated rings. The molecule has 1 atom stereocenters. The summed E-state index contributed by atoms with van der Waals surface area (Å²) in [6.07, 6.45) is 2.57. The summed E-state index contributed by atoms with van der Waals surface area (Å²) >= 11 is 1.39. The van der Waals surface area contributed by atoms with E-state index in [0.29, 0.717) is 12.4 Å². The lowest BCUT2D eigenvalue weighted by Gasteiger charge is -2.14. The third-order valence-electron chi connectivity index (χ3n) is 3.34. The quantitative estimate of drug-likeness (QED) is 0.563. The number of hydrogen-bond donors (Lipinski definition) is 1. The molecule has 0 aliphatic rings. The van der Waals surface area contributed by atoms with Gasteiger partial charge in [-0.3, -0.25) is 4.79 Å². The molecule has 124 valence electrons. The fourth-order valence-corrected chi connectivity index (χ4v) is 2.88. The Labute approximate surface area is 140 Å². The van der Waals surface area contributed by atoms with Gasteiger partial charge in [-0.25, -0.2) is 0 Å². The molecule has 1 N–H and O–H groups in total. The standard InChI is InChI=1S/C16H22N4O2S/c1-13(14-7-4-3-5-8-14)18-15(21)11-23-16-19-17-12-20(16)9-6-10-22-2/h3-5,7-8,12-13H,6,9-11H2,1-2H3,(H,18,21). The fraction of sp³-hybridized carbons (Fsp3) is 0.438. The summed E-state index contributed by atoms with van der Waals surface area (Å²) in [5.41, 5.74) is 1.09.